The van der Waals surface area contributed by atoms with E-state index in [9.17, 15) is 4.79 Å². The molecule has 0 saturated carbocycles. The highest BCUT2D eigenvalue weighted by atomic mass is 16.2. The van der Waals surface area contributed by atoms with Crippen molar-refractivity contribution in [1.82, 2.24) is 14.9 Å². The summed E-state index contributed by atoms with van der Waals surface area (Å²) < 4.78 is 0. The topological polar surface area (TPSA) is 52.6 Å². The summed E-state index contributed by atoms with van der Waals surface area (Å²) in [6.07, 6.45) is 1.66. The fourth-order valence-corrected chi connectivity index (χ4v) is 3.55. The summed E-state index contributed by atoms with van der Waals surface area (Å²) in [5.74, 6) is 0.525. The van der Waals surface area contributed by atoms with Crippen LogP contribution in [0.5, 0.6) is 0 Å². The van der Waals surface area contributed by atoms with E-state index < -0.39 is 0 Å². The van der Waals surface area contributed by atoms with Crippen LogP contribution in [-0.4, -0.2) is 54.0 Å². The molecule has 6 nitrogen and oxygen atoms in total. The number of nitrogens with zero attached hydrogens (tertiary/aromatic N) is 5. The fourth-order valence-electron chi connectivity index (χ4n) is 3.55. The predicted molar refractivity (Wildman–Crippen MR) is 115 cm³/mol. The van der Waals surface area contributed by atoms with Crippen LogP contribution in [0.2, 0.25) is 0 Å². The summed E-state index contributed by atoms with van der Waals surface area (Å²) in [5, 5.41) is 0. The van der Waals surface area contributed by atoms with Gasteiger partial charge in [0.1, 0.15) is 5.69 Å². The Morgan fingerprint density at radius 2 is 1.59 bits per heavy atom. The number of para-hydroxylation sites is 1. The number of piperazine rings is 1. The van der Waals surface area contributed by atoms with Crippen LogP contribution in [0.4, 0.5) is 11.6 Å². The van der Waals surface area contributed by atoms with Gasteiger partial charge < -0.3 is 14.7 Å². The van der Waals surface area contributed by atoms with Gasteiger partial charge >= 0.3 is 0 Å². The molecule has 0 unspecified atom stereocenters. The van der Waals surface area contributed by atoms with Crippen molar-refractivity contribution in [3.63, 3.8) is 0 Å². The van der Waals surface area contributed by atoms with Gasteiger partial charge in [0, 0.05) is 51.7 Å². The number of benzene rings is 2. The summed E-state index contributed by atoms with van der Waals surface area (Å²) >= 11 is 0. The van der Waals surface area contributed by atoms with Crippen LogP contribution < -0.4 is 9.80 Å². The second-order valence-electron chi connectivity index (χ2n) is 7.20. The molecule has 1 amide bonds. The highest BCUT2D eigenvalue weighted by Crippen LogP contribution is 2.17. The van der Waals surface area contributed by atoms with Crippen molar-refractivity contribution in [2.24, 2.45) is 0 Å². The molecule has 148 valence electrons. The maximum atomic E-state index is 13.0. The first kappa shape index (κ1) is 18.9. The first-order valence-electron chi connectivity index (χ1n) is 9.88. The van der Waals surface area contributed by atoms with Gasteiger partial charge in [0.05, 0.1) is 0 Å². The van der Waals surface area contributed by atoms with Crippen LogP contribution in [-0.2, 0) is 6.54 Å². The number of rotatable bonds is 5. The summed E-state index contributed by atoms with van der Waals surface area (Å²) in [5.41, 5.74) is 2.82. The molecule has 4 rings (SSSR count). The zero-order valence-electron chi connectivity index (χ0n) is 16.6. The third kappa shape index (κ3) is 4.54. The Kier molecular flexibility index (Phi) is 5.70. The maximum Gasteiger partial charge on any atom is 0.272 e. The van der Waals surface area contributed by atoms with E-state index in [1.807, 2.05) is 53.2 Å². The Labute approximate surface area is 171 Å². The van der Waals surface area contributed by atoms with Crippen molar-refractivity contribution in [3.05, 3.63) is 84.2 Å². The van der Waals surface area contributed by atoms with Crippen molar-refractivity contribution in [2.45, 2.75) is 6.54 Å². The van der Waals surface area contributed by atoms with Crippen molar-refractivity contribution in [3.8, 4) is 0 Å². The quantitative estimate of drug-likeness (QED) is 0.673. The van der Waals surface area contributed by atoms with Crippen molar-refractivity contribution < 1.29 is 4.79 Å². The smallest absolute Gasteiger partial charge is 0.272 e. The van der Waals surface area contributed by atoms with E-state index in [0.29, 0.717) is 31.3 Å². The number of hydrogen-bond donors (Lipinski definition) is 0. The minimum absolute atomic E-state index is 0.0329. The van der Waals surface area contributed by atoms with Crippen molar-refractivity contribution in [1.29, 1.82) is 0 Å². The van der Waals surface area contributed by atoms with Gasteiger partial charge in [-0.1, -0.05) is 48.5 Å². The summed E-state index contributed by atoms with van der Waals surface area (Å²) in [6, 6.07) is 22.2. The zero-order valence-corrected chi connectivity index (χ0v) is 16.6. The lowest BCUT2D eigenvalue weighted by molar-refractivity contribution is 0.0740. The Hall–Kier alpha value is -3.41. The van der Waals surface area contributed by atoms with Crippen LogP contribution in [0, 0.1) is 0 Å². The molecule has 3 aromatic rings. The number of aromatic nitrogens is 2. The lowest BCUT2D eigenvalue weighted by Crippen LogP contribution is -2.49. The minimum atomic E-state index is -0.0329. The number of hydrogen-bond acceptors (Lipinski definition) is 5. The molecule has 1 aliphatic heterocycles. The molecule has 1 fully saturated rings. The first-order valence-corrected chi connectivity index (χ1v) is 9.88. The monoisotopic (exact) mass is 387 g/mol. The molecule has 1 saturated heterocycles. The van der Waals surface area contributed by atoms with Gasteiger partial charge in [0.2, 0.25) is 5.95 Å². The molecule has 2 heterocycles. The van der Waals surface area contributed by atoms with Gasteiger partial charge in [-0.15, -0.1) is 0 Å². The van der Waals surface area contributed by atoms with E-state index in [4.69, 9.17) is 0 Å². The summed E-state index contributed by atoms with van der Waals surface area (Å²) in [4.78, 5) is 28.0. The molecule has 1 aromatic heterocycles. The highest BCUT2D eigenvalue weighted by molar-refractivity contribution is 5.92. The molecule has 0 bridgehead atoms. The van der Waals surface area contributed by atoms with Gasteiger partial charge in [-0.3, -0.25) is 4.79 Å². The maximum absolute atomic E-state index is 13.0. The van der Waals surface area contributed by atoms with E-state index in [-0.39, 0.29) is 5.91 Å². The largest absolute Gasteiger partial charge is 0.368 e. The normalized spacial score (nSPS) is 14.0. The number of anilines is 2. The fraction of sp³-hybridized carbons (Fsp3) is 0.261. The number of carbonyl (C=O) groups is 1. The summed E-state index contributed by atoms with van der Waals surface area (Å²) in [6.45, 7) is 3.71. The van der Waals surface area contributed by atoms with E-state index in [0.717, 1.165) is 13.1 Å². The minimum Gasteiger partial charge on any atom is -0.368 e. The molecule has 0 atom stereocenters. The average molecular weight is 387 g/mol. The highest BCUT2D eigenvalue weighted by Gasteiger charge is 2.23. The lowest BCUT2D eigenvalue weighted by Gasteiger charge is -2.36. The van der Waals surface area contributed by atoms with E-state index in [1.165, 1.54) is 11.3 Å². The molecule has 0 spiro atoms. The van der Waals surface area contributed by atoms with Gasteiger partial charge in [0.15, 0.2) is 0 Å². The van der Waals surface area contributed by atoms with Gasteiger partial charge in [-0.05, 0) is 23.8 Å². The Morgan fingerprint density at radius 3 is 2.28 bits per heavy atom. The van der Waals surface area contributed by atoms with Crippen molar-refractivity contribution in [2.75, 3.05) is 43.0 Å². The Balaban J connectivity index is 1.40. The van der Waals surface area contributed by atoms with Crippen LogP contribution in [0.15, 0.2) is 72.9 Å². The molecule has 0 radical (unpaired) electrons. The van der Waals surface area contributed by atoms with Crippen molar-refractivity contribution >= 4 is 17.5 Å². The zero-order chi connectivity index (χ0) is 20.1. The second kappa shape index (κ2) is 8.73. The standard InChI is InChI=1S/C23H25N5O/c1-26(18-19-8-4-2-5-9-19)23-24-13-12-21(25-23)22(29)28-16-14-27(15-17-28)20-10-6-3-7-11-20/h2-13H,14-18H2,1H3. The molecule has 0 N–H and O–H groups in total. The van der Waals surface area contributed by atoms with Gasteiger partial charge in [-0.25, -0.2) is 9.97 Å². The summed E-state index contributed by atoms with van der Waals surface area (Å²) in [7, 11) is 1.94. The third-order valence-corrected chi connectivity index (χ3v) is 5.15. The molecule has 1 aliphatic rings. The molecular formula is C23H25N5O. The van der Waals surface area contributed by atoms with E-state index in [2.05, 4.69) is 39.1 Å². The number of carbonyl (C=O) groups excluding carboxylic acids is 1. The Morgan fingerprint density at radius 1 is 0.931 bits per heavy atom. The Bertz CT molecular complexity index is 940. The lowest BCUT2D eigenvalue weighted by atomic mass is 10.2. The van der Waals surface area contributed by atoms with Crippen LogP contribution >= 0.6 is 0 Å². The van der Waals surface area contributed by atoms with E-state index >= 15 is 0 Å². The van der Waals surface area contributed by atoms with Crippen LogP contribution in [0.25, 0.3) is 0 Å². The molecule has 0 aliphatic carbocycles. The van der Waals surface area contributed by atoms with E-state index in [1.54, 1.807) is 12.3 Å². The van der Waals surface area contributed by atoms with Crippen LogP contribution in [0.3, 0.4) is 0 Å². The SMILES string of the molecule is CN(Cc1ccccc1)c1nccc(C(=O)N2CCN(c3ccccc3)CC2)n1. The molecule has 2 aromatic carbocycles. The van der Waals surface area contributed by atoms with Gasteiger partial charge in [0.25, 0.3) is 5.91 Å². The number of amides is 1. The second-order valence-corrected chi connectivity index (χ2v) is 7.20. The average Bonchev–Trinajstić information content (AvgIpc) is 2.80. The molecule has 6 heteroatoms. The first-order chi connectivity index (χ1) is 14.2. The van der Waals surface area contributed by atoms with Crippen LogP contribution in [0.1, 0.15) is 16.1 Å². The predicted octanol–water partition coefficient (Wildman–Crippen LogP) is 3.08. The van der Waals surface area contributed by atoms with Gasteiger partial charge in [-0.2, -0.15) is 0 Å². The third-order valence-electron chi connectivity index (χ3n) is 5.15. The molecular weight excluding hydrogens is 362 g/mol. The molecule has 29 heavy (non-hydrogen) atoms.